The summed E-state index contributed by atoms with van der Waals surface area (Å²) in [6.07, 6.45) is 0. The van der Waals surface area contributed by atoms with Crippen molar-refractivity contribution >= 4 is 5.91 Å². The second-order valence-electron chi connectivity index (χ2n) is 5.69. The maximum atomic E-state index is 11.6. The molecule has 0 radical (unpaired) electrons. The van der Waals surface area contributed by atoms with Gasteiger partial charge in [0.2, 0.25) is 5.91 Å². The molecule has 1 N–H and O–H groups in total. The number of amides is 1. The van der Waals surface area contributed by atoms with E-state index in [0.29, 0.717) is 6.61 Å². The summed E-state index contributed by atoms with van der Waals surface area (Å²) in [6.45, 7) is 2.58. The third-order valence-corrected chi connectivity index (χ3v) is 3.94. The van der Waals surface area contributed by atoms with Gasteiger partial charge < -0.3 is 14.8 Å². The van der Waals surface area contributed by atoms with Crippen molar-refractivity contribution < 1.29 is 14.3 Å². The van der Waals surface area contributed by atoms with Gasteiger partial charge in [-0.25, -0.2) is 0 Å². The van der Waals surface area contributed by atoms with E-state index in [1.54, 1.807) is 7.11 Å². The molecule has 1 unspecified atom stereocenters. The number of carbonyl (C=O) groups excluding carboxylic acids is 1. The summed E-state index contributed by atoms with van der Waals surface area (Å²) < 4.78 is 10.7. The van der Waals surface area contributed by atoms with Gasteiger partial charge in [-0.15, -0.1) is 0 Å². The maximum absolute atomic E-state index is 11.6. The average molecular weight is 297 g/mol. The molecule has 1 aliphatic rings. The fraction of sp³-hybridized carbons (Fsp3) is 0.278. The van der Waals surface area contributed by atoms with E-state index in [-0.39, 0.29) is 12.5 Å². The monoisotopic (exact) mass is 297 g/mol. The van der Waals surface area contributed by atoms with Crippen LogP contribution in [0.5, 0.6) is 5.75 Å². The summed E-state index contributed by atoms with van der Waals surface area (Å²) in [5, 5.41) is 3.02. The second kappa shape index (κ2) is 5.81. The minimum Gasteiger partial charge on any atom is -0.497 e. The Morgan fingerprint density at radius 1 is 1.14 bits per heavy atom. The summed E-state index contributed by atoms with van der Waals surface area (Å²) in [7, 11) is 1.66. The summed E-state index contributed by atoms with van der Waals surface area (Å²) in [4.78, 5) is 11.6. The van der Waals surface area contributed by atoms with Crippen LogP contribution in [0.2, 0.25) is 0 Å². The molecule has 0 bridgehead atoms. The number of morpholine rings is 1. The predicted octanol–water partition coefficient (Wildman–Crippen LogP) is 2.72. The Hall–Kier alpha value is -2.33. The maximum Gasteiger partial charge on any atom is 0.246 e. The van der Waals surface area contributed by atoms with E-state index in [9.17, 15) is 4.79 Å². The third-order valence-electron chi connectivity index (χ3n) is 3.94. The van der Waals surface area contributed by atoms with Crippen molar-refractivity contribution in [2.24, 2.45) is 0 Å². The van der Waals surface area contributed by atoms with Crippen LogP contribution in [0.4, 0.5) is 0 Å². The lowest BCUT2D eigenvalue weighted by molar-refractivity contribution is -0.135. The molecule has 0 spiro atoms. The van der Waals surface area contributed by atoms with Crippen LogP contribution in [0, 0.1) is 0 Å². The SMILES string of the molecule is COc1cccc(-c2cccc(C3(C)COCC(=O)N3)c2)c1. The van der Waals surface area contributed by atoms with Crippen molar-refractivity contribution in [1.29, 1.82) is 0 Å². The third kappa shape index (κ3) is 2.83. The molecule has 4 heteroatoms. The van der Waals surface area contributed by atoms with Crippen molar-refractivity contribution in [1.82, 2.24) is 5.32 Å². The molecule has 114 valence electrons. The Balaban J connectivity index is 1.97. The van der Waals surface area contributed by atoms with Gasteiger partial charge in [-0.1, -0.05) is 30.3 Å². The van der Waals surface area contributed by atoms with Gasteiger partial charge in [0.25, 0.3) is 0 Å². The van der Waals surface area contributed by atoms with E-state index in [0.717, 1.165) is 22.4 Å². The number of ether oxygens (including phenoxy) is 2. The van der Waals surface area contributed by atoms with Crippen LogP contribution in [-0.4, -0.2) is 26.2 Å². The molecule has 0 aliphatic carbocycles. The molecule has 1 amide bonds. The Kier molecular flexibility index (Phi) is 3.86. The number of methoxy groups -OCH3 is 1. The van der Waals surface area contributed by atoms with Crippen LogP contribution in [0.3, 0.4) is 0 Å². The lowest BCUT2D eigenvalue weighted by Gasteiger charge is -2.35. The van der Waals surface area contributed by atoms with Crippen LogP contribution in [0.15, 0.2) is 48.5 Å². The molecule has 2 aromatic carbocycles. The fourth-order valence-corrected chi connectivity index (χ4v) is 2.73. The number of hydrogen-bond donors (Lipinski definition) is 1. The predicted molar refractivity (Wildman–Crippen MR) is 84.7 cm³/mol. The molecular formula is C18H19NO3. The molecule has 1 aliphatic heterocycles. The first-order chi connectivity index (χ1) is 10.6. The molecule has 0 saturated carbocycles. The second-order valence-corrected chi connectivity index (χ2v) is 5.69. The quantitative estimate of drug-likeness (QED) is 0.947. The zero-order valence-electron chi connectivity index (χ0n) is 12.8. The van der Waals surface area contributed by atoms with Crippen molar-refractivity contribution in [3.8, 4) is 16.9 Å². The number of hydrogen-bond acceptors (Lipinski definition) is 3. The molecule has 4 nitrogen and oxygen atoms in total. The fourth-order valence-electron chi connectivity index (χ4n) is 2.73. The first-order valence-electron chi connectivity index (χ1n) is 7.24. The van der Waals surface area contributed by atoms with Crippen molar-refractivity contribution in [2.75, 3.05) is 20.3 Å². The summed E-state index contributed by atoms with van der Waals surface area (Å²) in [5.74, 6) is 0.740. The minimum atomic E-state index is -0.496. The zero-order valence-corrected chi connectivity index (χ0v) is 12.8. The van der Waals surface area contributed by atoms with Crippen LogP contribution in [-0.2, 0) is 15.1 Å². The number of rotatable bonds is 3. The van der Waals surface area contributed by atoms with Gasteiger partial charge in [0.1, 0.15) is 12.4 Å². The van der Waals surface area contributed by atoms with E-state index in [2.05, 4.69) is 11.4 Å². The van der Waals surface area contributed by atoms with E-state index < -0.39 is 5.54 Å². The lowest BCUT2D eigenvalue weighted by Crippen LogP contribution is -2.52. The van der Waals surface area contributed by atoms with Gasteiger partial charge in [-0.3, -0.25) is 4.79 Å². The highest BCUT2D eigenvalue weighted by Crippen LogP contribution is 2.29. The van der Waals surface area contributed by atoms with Gasteiger partial charge in [0.05, 0.1) is 19.3 Å². The van der Waals surface area contributed by atoms with Gasteiger partial charge in [0.15, 0.2) is 0 Å². The topological polar surface area (TPSA) is 47.6 Å². The molecule has 1 saturated heterocycles. The molecule has 2 aromatic rings. The Morgan fingerprint density at radius 2 is 1.86 bits per heavy atom. The van der Waals surface area contributed by atoms with E-state index >= 15 is 0 Å². The molecule has 0 aromatic heterocycles. The molecular weight excluding hydrogens is 278 g/mol. The standard InChI is InChI=1S/C18H19NO3/c1-18(12-22-11-17(20)19-18)15-7-3-5-13(9-15)14-6-4-8-16(10-14)21-2/h3-10H,11-12H2,1-2H3,(H,19,20). The van der Waals surface area contributed by atoms with Crippen LogP contribution >= 0.6 is 0 Å². The summed E-state index contributed by atoms with van der Waals surface area (Å²) in [5.41, 5.74) is 2.69. The Labute approximate surface area is 130 Å². The average Bonchev–Trinajstić information content (AvgIpc) is 2.55. The Morgan fingerprint density at radius 3 is 2.59 bits per heavy atom. The number of benzene rings is 2. The number of nitrogens with one attached hydrogen (secondary N) is 1. The molecule has 1 fully saturated rings. The van der Waals surface area contributed by atoms with Gasteiger partial charge in [-0.2, -0.15) is 0 Å². The van der Waals surface area contributed by atoms with Gasteiger partial charge in [0, 0.05) is 0 Å². The van der Waals surface area contributed by atoms with E-state index in [4.69, 9.17) is 9.47 Å². The van der Waals surface area contributed by atoms with Gasteiger partial charge >= 0.3 is 0 Å². The first kappa shape index (κ1) is 14.6. The number of carbonyl (C=O) groups is 1. The minimum absolute atomic E-state index is 0.0828. The highest BCUT2D eigenvalue weighted by molar-refractivity contribution is 5.79. The molecule has 22 heavy (non-hydrogen) atoms. The van der Waals surface area contributed by atoms with Crippen molar-refractivity contribution in [2.45, 2.75) is 12.5 Å². The first-order valence-corrected chi connectivity index (χ1v) is 7.24. The molecule has 3 rings (SSSR count). The summed E-state index contributed by atoms with van der Waals surface area (Å²) >= 11 is 0. The lowest BCUT2D eigenvalue weighted by atomic mass is 9.89. The smallest absolute Gasteiger partial charge is 0.246 e. The largest absolute Gasteiger partial charge is 0.497 e. The highest BCUT2D eigenvalue weighted by Gasteiger charge is 2.32. The molecule has 1 heterocycles. The molecule has 1 atom stereocenters. The summed E-state index contributed by atoms with van der Waals surface area (Å²) in [6, 6.07) is 16.1. The van der Waals surface area contributed by atoms with E-state index in [1.807, 2.05) is 49.4 Å². The van der Waals surface area contributed by atoms with Gasteiger partial charge in [-0.05, 0) is 41.8 Å². The zero-order chi connectivity index (χ0) is 15.6. The van der Waals surface area contributed by atoms with E-state index in [1.165, 1.54) is 0 Å². The Bertz CT molecular complexity index is 698. The van der Waals surface area contributed by atoms with Crippen LogP contribution in [0.25, 0.3) is 11.1 Å². The highest BCUT2D eigenvalue weighted by atomic mass is 16.5. The normalized spacial score (nSPS) is 21.3. The van der Waals surface area contributed by atoms with Crippen molar-refractivity contribution in [3.63, 3.8) is 0 Å². The van der Waals surface area contributed by atoms with Crippen LogP contribution < -0.4 is 10.1 Å². The van der Waals surface area contributed by atoms with Crippen molar-refractivity contribution in [3.05, 3.63) is 54.1 Å². The van der Waals surface area contributed by atoms with Crippen LogP contribution in [0.1, 0.15) is 12.5 Å².